The smallest absolute Gasteiger partial charge is 0.123 e. The lowest BCUT2D eigenvalue weighted by molar-refractivity contribution is 0.0105. The summed E-state index contributed by atoms with van der Waals surface area (Å²) < 4.78 is 13.2. The van der Waals surface area contributed by atoms with E-state index in [1.165, 1.54) is 24.5 Å². The van der Waals surface area contributed by atoms with Crippen LogP contribution in [0.3, 0.4) is 0 Å². The van der Waals surface area contributed by atoms with Crippen LogP contribution in [0.1, 0.15) is 5.56 Å². The number of fused-ring (bicyclic) bond motifs is 1. The van der Waals surface area contributed by atoms with Gasteiger partial charge in [0.1, 0.15) is 5.82 Å². The number of aromatic nitrogens is 1. The second-order valence-electron chi connectivity index (χ2n) is 5.18. The summed E-state index contributed by atoms with van der Waals surface area (Å²) >= 11 is 0. The predicted octanol–water partition coefficient (Wildman–Crippen LogP) is 2.04. The molecule has 0 spiro atoms. The topological polar surface area (TPSA) is 48.7 Å². The van der Waals surface area contributed by atoms with Crippen LogP contribution in [0.5, 0.6) is 0 Å². The van der Waals surface area contributed by atoms with Crippen molar-refractivity contribution >= 4 is 5.57 Å². The van der Waals surface area contributed by atoms with E-state index in [4.69, 9.17) is 0 Å². The van der Waals surface area contributed by atoms with Gasteiger partial charge in [-0.25, -0.2) is 14.4 Å². The van der Waals surface area contributed by atoms with E-state index < -0.39 is 0 Å². The monoisotopic (exact) mass is 305 g/mol. The Kier molecular flexibility index (Phi) is 3.13. The number of rotatable bonds is 1. The summed E-state index contributed by atoms with van der Waals surface area (Å²) in [6.07, 6.45) is 8.34. The van der Waals surface area contributed by atoms with E-state index in [0.29, 0.717) is 0 Å². The second-order valence-corrected chi connectivity index (χ2v) is 5.18. The van der Waals surface area contributed by atoms with Crippen LogP contribution in [0.2, 0.25) is 0 Å². The van der Waals surface area contributed by atoms with Gasteiger partial charge in [-0.05, 0) is 42.0 Å². The molecular weight excluding hydrogens is 293 g/mol. The minimum absolute atomic E-state index is 0.284. The van der Waals surface area contributed by atoms with Crippen molar-refractivity contribution in [3.05, 3.63) is 101 Å². The Hall–Kier alpha value is -3.05. The Morgan fingerprint density at radius 3 is 2.48 bits per heavy atom. The van der Waals surface area contributed by atoms with Gasteiger partial charge in [0, 0.05) is 29.7 Å². The van der Waals surface area contributed by atoms with E-state index in [-0.39, 0.29) is 5.82 Å². The third-order valence-corrected chi connectivity index (χ3v) is 3.71. The average molecular weight is 305 g/mol. The molecule has 2 aliphatic rings. The maximum absolute atomic E-state index is 13.2. The van der Waals surface area contributed by atoms with Crippen LogP contribution in [0.15, 0.2) is 83.4 Å². The maximum Gasteiger partial charge on any atom is 0.123 e. The highest BCUT2D eigenvalue weighted by atomic mass is 19.1. The Labute approximate surface area is 131 Å². The largest absolute Gasteiger partial charge is 0.285 e. The zero-order chi connectivity index (χ0) is 15.8. The number of nitrogens with zero attached hydrogens (tertiary/aromatic N) is 3. The van der Waals surface area contributed by atoms with Crippen molar-refractivity contribution in [1.82, 2.24) is 10.0 Å². The summed E-state index contributed by atoms with van der Waals surface area (Å²) in [6.45, 7) is 0. The van der Waals surface area contributed by atoms with Crippen LogP contribution in [0.4, 0.5) is 4.39 Å². The number of pyridine rings is 1. The minimum atomic E-state index is -0.284. The van der Waals surface area contributed by atoms with Gasteiger partial charge in [-0.3, -0.25) is 10.2 Å². The van der Waals surface area contributed by atoms with E-state index in [0.717, 1.165) is 38.2 Å². The van der Waals surface area contributed by atoms with Crippen LogP contribution >= 0.6 is 0 Å². The number of hydrogen-bond donors (Lipinski definition) is 1. The molecule has 0 unspecified atom stereocenters. The Morgan fingerprint density at radius 1 is 1.00 bits per heavy atom. The summed E-state index contributed by atoms with van der Waals surface area (Å²) in [5, 5.41) is 11.9. The number of allylic oxidation sites excluding steroid dienone is 4. The van der Waals surface area contributed by atoms with Gasteiger partial charge in [-0.2, -0.15) is 0 Å². The molecule has 0 saturated carbocycles. The van der Waals surface area contributed by atoms with Gasteiger partial charge in [-0.15, -0.1) is 0 Å². The lowest BCUT2D eigenvalue weighted by Crippen LogP contribution is -2.26. The number of hydrogen-bond acceptors (Lipinski definition) is 4. The molecule has 0 fully saturated rings. The third kappa shape index (κ3) is 2.37. The molecule has 1 aromatic heterocycles. The average Bonchev–Trinajstić information content (AvgIpc) is 2.96. The highest BCUT2D eigenvalue weighted by Gasteiger charge is 2.19. The molecule has 0 aliphatic carbocycles. The molecule has 0 bridgehead atoms. The third-order valence-electron chi connectivity index (χ3n) is 3.71. The maximum atomic E-state index is 13.2. The van der Waals surface area contributed by atoms with Crippen LogP contribution in [-0.2, 0) is 0 Å². The van der Waals surface area contributed by atoms with Gasteiger partial charge in [-0.1, -0.05) is 12.1 Å². The van der Waals surface area contributed by atoms with Crippen molar-refractivity contribution in [2.75, 3.05) is 0 Å². The molecule has 5 heteroatoms. The first-order valence-corrected chi connectivity index (χ1v) is 7.11. The minimum Gasteiger partial charge on any atom is -0.285 e. The van der Waals surface area contributed by atoms with Crippen molar-refractivity contribution in [3.63, 3.8) is 0 Å². The molecule has 23 heavy (non-hydrogen) atoms. The van der Waals surface area contributed by atoms with Crippen molar-refractivity contribution in [1.29, 1.82) is 0 Å². The fourth-order valence-corrected chi connectivity index (χ4v) is 2.64. The van der Waals surface area contributed by atoms with Gasteiger partial charge in [0.15, 0.2) is 0 Å². The molecule has 4 rings (SSSR count). The number of halogens is 1. The Balaban J connectivity index is 2.00. The summed E-state index contributed by atoms with van der Waals surface area (Å²) in [7, 11) is 0. The van der Waals surface area contributed by atoms with Crippen molar-refractivity contribution in [2.24, 2.45) is 4.99 Å². The van der Waals surface area contributed by atoms with Crippen molar-refractivity contribution in [3.8, 4) is 0 Å². The van der Waals surface area contributed by atoms with Crippen LogP contribution in [-0.4, -0.2) is 15.3 Å². The normalized spacial score (nSPS) is 15.9. The molecule has 2 aromatic rings. The first-order chi connectivity index (χ1) is 11.2. The van der Waals surface area contributed by atoms with E-state index >= 15 is 0 Å². The van der Waals surface area contributed by atoms with E-state index in [1.807, 2.05) is 12.1 Å². The van der Waals surface area contributed by atoms with Crippen LogP contribution in [0.25, 0.3) is 5.57 Å². The van der Waals surface area contributed by atoms with Crippen molar-refractivity contribution in [2.45, 2.75) is 0 Å². The predicted molar refractivity (Wildman–Crippen MR) is 82.9 cm³/mol. The summed E-state index contributed by atoms with van der Waals surface area (Å²) in [6, 6.07) is 10.0. The van der Waals surface area contributed by atoms with E-state index in [2.05, 4.69) is 9.98 Å². The number of benzene rings is 1. The molecule has 0 atom stereocenters. The van der Waals surface area contributed by atoms with Crippen LogP contribution in [0, 0.1) is 5.82 Å². The molecule has 0 amide bonds. The standard InChI is InChI=1S/C18H12FN3O/c19-14-5-3-12(4-6-14)16-17(13-7-10-22(23)11-8-13)21-15-2-1-9-20-18(15)16/h1-11,23H. The van der Waals surface area contributed by atoms with Gasteiger partial charge >= 0.3 is 0 Å². The number of hydroxylamine groups is 2. The van der Waals surface area contributed by atoms with Gasteiger partial charge in [0.2, 0.25) is 0 Å². The molecule has 4 nitrogen and oxygen atoms in total. The zero-order valence-corrected chi connectivity index (χ0v) is 12.0. The SMILES string of the molecule is ON1C=CC(=C2N=c3cccnc3=C2c2ccc(F)cc2)C=C1. The van der Waals surface area contributed by atoms with Crippen molar-refractivity contribution < 1.29 is 9.60 Å². The first-order valence-electron chi connectivity index (χ1n) is 7.11. The molecular formula is C18H12FN3O. The molecule has 1 N–H and O–H groups in total. The van der Waals surface area contributed by atoms with E-state index in [9.17, 15) is 9.60 Å². The van der Waals surface area contributed by atoms with Gasteiger partial charge in [0.05, 0.1) is 16.4 Å². The van der Waals surface area contributed by atoms with Gasteiger partial charge in [0.25, 0.3) is 0 Å². The summed E-state index contributed by atoms with van der Waals surface area (Å²) in [4.78, 5) is 9.10. The summed E-state index contributed by atoms with van der Waals surface area (Å²) in [5.74, 6) is -0.284. The lowest BCUT2D eigenvalue weighted by atomic mass is 9.99. The highest BCUT2D eigenvalue weighted by Crippen LogP contribution is 2.28. The molecule has 3 heterocycles. The quantitative estimate of drug-likeness (QED) is 0.877. The second kappa shape index (κ2) is 5.30. The highest BCUT2D eigenvalue weighted by molar-refractivity contribution is 5.81. The Morgan fingerprint density at radius 2 is 1.74 bits per heavy atom. The molecule has 0 radical (unpaired) electrons. The fourth-order valence-electron chi connectivity index (χ4n) is 2.64. The lowest BCUT2D eigenvalue weighted by Gasteiger charge is -2.13. The molecule has 0 saturated heterocycles. The molecule has 112 valence electrons. The molecule has 2 aliphatic heterocycles. The fraction of sp³-hybridized carbons (Fsp3) is 0. The zero-order valence-electron chi connectivity index (χ0n) is 12.0. The molecule has 1 aromatic carbocycles. The van der Waals surface area contributed by atoms with Gasteiger partial charge < -0.3 is 0 Å². The Bertz CT molecular complexity index is 972. The van der Waals surface area contributed by atoms with Crippen LogP contribution < -0.4 is 10.7 Å². The summed E-state index contributed by atoms with van der Waals surface area (Å²) in [5.41, 5.74) is 3.32. The van der Waals surface area contributed by atoms with E-state index in [1.54, 1.807) is 30.5 Å². The first kappa shape index (κ1) is 13.6.